The number of hydrogen-bond acceptors (Lipinski definition) is 6. The number of rotatable bonds is 7. The van der Waals surface area contributed by atoms with Gasteiger partial charge in [0.25, 0.3) is 5.91 Å². The molecule has 38 heavy (non-hydrogen) atoms. The number of thioether (sulfide) groups is 1. The number of ether oxygens (including phenoxy) is 2. The lowest BCUT2D eigenvalue weighted by atomic mass is 10.1. The fraction of sp³-hybridized carbons (Fsp3) is 0.138. The first kappa shape index (κ1) is 27.2. The number of carbonyl (C=O) groups excluding carboxylic acids is 2. The Hall–Kier alpha value is -3.88. The zero-order valence-electron chi connectivity index (χ0n) is 20.5. The Bertz CT molecular complexity index is 1500. The zero-order valence-corrected chi connectivity index (χ0v) is 22.1. The van der Waals surface area contributed by atoms with Crippen LogP contribution in [0.15, 0.2) is 88.0 Å². The number of aliphatic hydroxyl groups is 1. The molecule has 0 unspecified atom stereocenters. The van der Waals surface area contributed by atoms with Gasteiger partial charge < -0.3 is 14.6 Å². The van der Waals surface area contributed by atoms with Gasteiger partial charge in [0.1, 0.15) is 34.5 Å². The van der Waals surface area contributed by atoms with Crippen LogP contribution in [0.3, 0.4) is 0 Å². The molecule has 0 aromatic heterocycles. The van der Waals surface area contributed by atoms with Crippen molar-refractivity contribution in [1.82, 2.24) is 0 Å². The van der Waals surface area contributed by atoms with Crippen LogP contribution in [0.5, 0.6) is 5.75 Å². The number of aryl methyl sites for hydroxylation is 1. The third-order valence-electron chi connectivity index (χ3n) is 5.54. The molecule has 1 N–H and O–H groups in total. The van der Waals surface area contributed by atoms with E-state index in [4.69, 9.17) is 21.1 Å². The van der Waals surface area contributed by atoms with E-state index in [1.807, 2.05) is 6.07 Å². The summed E-state index contributed by atoms with van der Waals surface area (Å²) in [5.41, 5.74) is 1.93. The summed E-state index contributed by atoms with van der Waals surface area (Å²) in [6, 6.07) is 18.2. The lowest BCUT2D eigenvalue weighted by molar-refractivity contribution is -0.138. The summed E-state index contributed by atoms with van der Waals surface area (Å²) in [6.07, 6.45) is 1.60. The standard InChI is InChI=1S/C29H23ClFNO5S/c1-3-36-29(35)25-26(33)24(38-28(25)32-27(34)20-10-6-4-8-17(20)2)15-18-12-13-23(21(30)14-18)37-16-19-9-5-7-11-22(19)31/h4-15,33H,3,16H2,1-2H3/b24-15-,32-28?. The highest BCUT2D eigenvalue weighted by Gasteiger charge is 2.34. The second kappa shape index (κ2) is 12.1. The molecule has 3 aromatic carbocycles. The Morgan fingerprint density at radius 2 is 1.84 bits per heavy atom. The zero-order chi connectivity index (χ0) is 27.2. The Labute approximate surface area is 228 Å². The monoisotopic (exact) mass is 551 g/mol. The highest BCUT2D eigenvalue weighted by molar-refractivity contribution is 8.18. The van der Waals surface area contributed by atoms with E-state index >= 15 is 0 Å². The molecule has 0 aliphatic carbocycles. The largest absolute Gasteiger partial charge is 0.506 e. The van der Waals surface area contributed by atoms with Crippen LogP contribution in [-0.4, -0.2) is 28.6 Å². The molecule has 0 spiro atoms. The van der Waals surface area contributed by atoms with Crippen LogP contribution in [0.25, 0.3) is 6.08 Å². The number of nitrogens with zero attached hydrogens (tertiary/aromatic N) is 1. The van der Waals surface area contributed by atoms with Crippen LogP contribution >= 0.6 is 23.4 Å². The van der Waals surface area contributed by atoms with Crippen molar-refractivity contribution in [3.05, 3.63) is 116 Å². The van der Waals surface area contributed by atoms with Gasteiger partial charge in [0, 0.05) is 11.1 Å². The minimum Gasteiger partial charge on any atom is -0.506 e. The molecule has 194 valence electrons. The van der Waals surface area contributed by atoms with Crippen LogP contribution in [0, 0.1) is 12.7 Å². The summed E-state index contributed by atoms with van der Waals surface area (Å²) in [5.74, 6) is -1.69. The van der Waals surface area contributed by atoms with E-state index in [1.165, 1.54) is 6.07 Å². The minimum absolute atomic E-state index is 0.00382. The first-order valence-corrected chi connectivity index (χ1v) is 12.8. The smallest absolute Gasteiger partial charge is 0.344 e. The lowest BCUT2D eigenvalue weighted by Gasteiger charge is -2.09. The molecule has 1 amide bonds. The van der Waals surface area contributed by atoms with E-state index in [0.29, 0.717) is 27.3 Å². The predicted octanol–water partition coefficient (Wildman–Crippen LogP) is 7.07. The van der Waals surface area contributed by atoms with Crippen molar-refractivity contribution >= 4 is 46.4 Å². The van der Waals surface area contributed by atoms with Gasteiger partial charge in [-0.2, -0.15) is 0 Å². The molecule has 0 radical (unpaired) electrons. The maximum absolute atomic E-state index is 13.9. The number of amides is 1. The highest BCUT2D eigenvalue weighted by Crippen LogP contribution is 2.40. The molecule has 0 bridgehead atoms. The molecule has 6 nitrogen and oxygen atoms in total. The summed E-state index contributed by atoms with van der Waals surface area (Å²) in [4.78, 5) is 29.9. The summed E-state index contributed by atoms with van der Waals surface area (Å²) in [6.45, 7) is 3.52. The molecule has 9 heteroatoms. The van der Waals surface area contributed by atoms with Crippen molar-refractivity contribution in [2.45, 2.75) is 20.5 Å². The molecule has 0 atom stereocenters. The molecular formula is C29H23ClFNO5S. The molecule has 0 saturated carbocycles. The number of benzene rings is 3. The third kappa shape index (κ3) is 6.15. The van der Waals surface area contributed by atoms with E-state index in [2.05, 4.69) is 4.99 Å². The number of halogens is 2. The number of hydrogen-bond donors (Lipinski definition) is 1. The van der Waals surface area contributed by atoms with E-state index in [1.54, 1.807) is 74.5 Å². The van der Waals surface area contributed by atoms with Crippen molar-refractivity contribution in [3.63, 3.8) is 0 Å². The minimum atomic E-state index is -0.785. The van der Waals surface area contributed by atoms with Gasteiger partial charge in [0.05, 0.1) is 16.5 Å². The summed E-state index contributed by atoms with van der Waals surface area (Å²) < 4.78 is 24.6. The first-order valence-electron chi connectivity index (χ1n) is 11.6. The van der Waals surface area contributed by atoms with Crippen molar-refractivity contribution in [3.8, 4) is 5.75 Å². The number of aliphatic hydroxyl groups excluding tert-OH is 1. The molecule has 0 fully saturated rings. The third-order valence-corrected chi connectivity index (χ3v) is 6.86. The Balaban J connectivity index is 1.61. The van der Waals surface area contributed by atoms with Crippen LogP contribution in [-0.2, 0) is 16.1 Å². The van der Waals surface area contributed by atoms with Crippen LogP contribution < -0.4 is 4.74 Å². The molecule has 1 aliphatic heterocycles. The second-order valence-corrected chi connectivity index (χ2v) is 9.60. The molecule has 4 rings (SSSR count). The number of carbonyl (C=O) groups is 2. The second-order valence-electron chi connectivity index (χ2n) is 8.16. The van der Waals surface area contributed by atoms with Gasteiger partial charge in [-0.3, -0.25) is 4.79 Å². The quantitative estimate of drug-likeness (QED) is 0.316. The lowest BCUT2D eigenvalue weighted by Crippen LogP contribution is -2.14. The van der Waals surface area contributed by atoms with Gasteiger partial charge in [0.15, 0.2) is 0 Å². The maximum atomic E-state index is 13.9. The normalized spacial score (nSPS) is 15.3. The topological polar surface area (TPSA) is 85.2 Å². The number of esters is 1. The van der Waals surface area contributed by atoms with Crippen molar-refractivity contribution in [2.75, 3.05) is 6.61 Å². The van der Waals surface area contributed by atoms with E-state index in [0.717, 1.165) is 17.3 Å². The fourth-order valence-corrected chi connectivity index (χ4v) is 4.86. The SMILES string of the molecule is CCOC(=O)C1=C(O)/C(=C/c2ccc(OCc3ccccc3F)c(Cl)c2)SC1=NC(=O)c1ccccc1C. The first-order chi connectivity index (χ1) is 18.3. The summed E-state index contributed by atoms with van der Waals surface area (Å²) >= 11 is 7.36. The van der Waals surface area contributed by atoms with Crippen molar-refractivity contribution < 1.29 is 28.6 Å². The molecule has 0 saturated heterocycles. The molecule has 1 aliphatic rings. The van der Waals surface area contributed by atoms with Gasteiger partial charge in [-0.25, -0.2) is 14.2 Å². The fourth-order valence-electron chi connectivity index (χ4n) is 3.60. The van der Waals surface area contributed by atoms with Gasteiger partial charge in [-0.1, -0.05) is 65.8 Å². The van der Waals surface area contributed by atoms with Crippen LogP contribution in [0.1, 0.15) is 34.0 Å². The van der Waals surface area contributed by atoms with Gasteiger partial charge in [-0.05, 0) is 55.3 Å². The highest BCUT2D eigenvalue weighted by atomic mass is 35.5. The van der Waals surface area contributed by atoms with Crippen molar-refractivity contribution in [2.24, 2.45) is 4.99 Å². The summed E-state index contributed by atoms with van der Waals surface area (Å²) in [5, 5.41) is 11.2. The van der Waals surface area contributed by atoms with Crippen LogP contribution in [0.4, 0.5) is 4.39 Å². The van der Waals surface area contributed by atoms with Crippen LogP contribution in [0.2, 0.25) is 5.02 Å². The van der Waals surface area contributed by atoms with E-state index < -0.39 is 11.9 Å². The molecule has 1 heterocycles. The van der Waals surface area contributed by atoms with Gasteiger partial charge in [-0.15, -0.1) is 0 Å². The van der Waals surface area contributed by atoms with Gasteiger partial charge in [0.2, 0.25) is 0 Å². The average Bonchev–Trinajstić information content (AvgIpc) is 3.19. The Morgan fingerprint density at radius 3 is 2.55 bits per heavy atom. The molecular weight excluding hydrogens is 529 g/mol. The molecule has 3 aromatic rings. The maximum Gasteiger partial charge on any atom is 0.344 e. The predicted molar refractivity (Wildman–Crippen MR) is 147 cm³/mol. The van der Waals surface area contributed by atoms with Gasteiger partial charge >= 0.3 is 5.97 Å². The van der Waals surface area contributed by atoms with E-state index in [9.17, 15) is 19.1 Å². The Kier molecular flexibility index (Phi) is 8.66. The Morgan fingerprint density at radius 1 is 1.11 bits per heavy atom. The van der Waals surface area contributed by atoms with Crippen molar-refractivity contribution in [1.29, 1.82) is 0 Å². The van der Waals surface area contributed by atoms with E-state index in [-0.39, 0.29) is 40.4 Å². The number of aliphatic imine (C=N–C) groups is 1. The average molecular weight is 552 g/mol. The summed E-state index contributed by atoms with van der Waals surface area (Å²) in [7, 11) is 0.